The Labute approximate surface area is 125 Å². The van der Waals surface area contributed by atoms with Gasteiger partial charge in [-0.05, 0) is 42.8 Å². The highest BCUT2D eigenvalue weighted by atomic mass is 16.6. The van der Waals surface area contributed by atoms with Crippen molar-refractivity contribution in [2.75, 3.05) is 30.4 Å². The maximum atomic E-state index is 5.87. The fraction of sp³-hybridized carbons (Fsp3) is 0.294. The first kappa shape index (κ1) is 13.6. The zero-order chi connectivity index (χ0) is 14.7. The largest absolute Gasteiger partial charge is 0.486 e. The highest BCUT2D eigenvalue weighted by Crippen LogP contribution is 2.31. The van der Waals surface area contributed by atoms with Gasteiger partial charge in [0.05, 0.1) is 0 Å². The molecule has 4 heteroatoms. The molecule has 1 aliphatic heterocycles. The van der Waals surface area contributed by atoms with Gasteiger partial charge in [0.2, 0.25) is 0 Å². The Kier molecular flexibility index (Phi) is 3.86. The Morgan fingerprint density at radius 2 is 1.86 bits per heavy atom. The van der Waals surface area contributed by atoms with E-state index in [9.17, 15) is 0 Å². The van der Waals surface area contributed by atoms with Crippen LogP contribution in [0.3, 0.4) is 0 Å². The van der Waals surface area contributed by atoms with Gasteiger partial charge in [-0.1, -0.05) is 12.1 Å². The smallest absolute Gasteiger partial charge is 0.161 e. The van der Waals surface area contributed by atoms with Crippen LogP contribution in [0.15, 0.2) is 42.5 Å². The van der Waals surface area contributed by atoms with Gasteiger partial charge >= 0.3 is 0 Å². The summed E-state index contributed by atoms with van der Waals surface area (Å²) in [5.41, 5.74) is 8.99. The predicted molar refractivity (Wildman–Crippen MR) is 85.0 cm³/mol. The second-order valence-electron chi connectivity index (χ2n) is 5.09. The van der Waals surface area contributed by atoms with Gasteiger partial charge in [0.1, 0.15) is 13.2 Å². The lowest BCUT2D eigenvalue weighted by atomic mass is 10.1. The zero-order valence-electron chi connectivity index (χ0n) is 12.2. The van der Waals surface area contributed by atoms with Crippen LogP contribution in [0.4, 0.5) is 11.4 Å². The SMILES string of the molecule is CCN(Cc1ccc2c(c1)OCCO2)c1cccc(N)c1. The Morgan fingerprint density at radius 1 is 1.05 bits per heavy atom. The molecule has 21 heavy (non-hydrogen) atoms. The molecule has 0 saturated carbocycles. The summed E-state index contributed by atoms with van der Waals surface area (Å²) in [6.07, 6.45) is 0. The Balaban J connectivity index is 1.81. The van der Waals surface area contributed by atoms with E-state index >= 15 is 0 Å². The highest BCUT2D eigenvalue weighted by Gasteiger charge is 2.13. The van der Waals surface area contributed by atoms with Gasteiger partial charge in [0, 0.05) is 24.5 Å². The number of nitrogen functional groups attached to an aromatic ring is 1. The average Bonchev–Trinajstić information content (AvgIpc) is 2.52. The van der Waals surface area contributed by atoms with Crippen LogP contribution in [0.25, 0.3) is 0 Å². The van der Waals surface area contributed by atoms with E-state index in [1.165, 1.54) is 5.56 Å². The molecule has 0 spiro atoms. The van der Waals surface area contributed by atoms with Crippen molar-refractivity contribution in [3.05, 3.63) is 48.0 Å². The third kappa shape index (κ3) is 3.05. The lowest BCUT2D eigenvalue weighted by molar-refractivity contribution is 0.171. The van der Waals surface area contributed by atoms with E-state index in [4.69, 9.17) is 15.2 Å². The summed E-state index contributed by atoms with van der Waals surface area (Å²) in [6.45, 7) is 5.11. The molecule has 2 N–H and O–H groups in total. The maximum absolute atomic E-state index is 5.87. The van der Waals surface area contributed by atoms with Crippen LogP contribution >= 0.6 is 0 Å². The predicted octanol–water partition coefficient (Wildman–Crippen LogP) is 3.07. The molecular weight excluding hydrogens is 264 g/mol. The Morgan fingerprint density at radius 3 is 2.62 bits per heavy atom. The van der Waals surface area contributed by atoms with Crippen molar-refractivity contribution >= 4 is 11.4 Å². The number of benzene rings is 2. The van der Waals surface area contributed by atoms with Gasteiger partial charge in [-0.3, -0.25) is 0 Å². The van der Waals surface area contributed by atoms with Crippen molar-refractivity contribution in [2.45, 2.75) is 13.5 Å². The summed E-state index contributed by atoms with van der Waals surface area (Å²) in [4.78, 5) is 2.28. The summed E-state index contributed by atoms with van der Waals surface area (Å²) in [6, 6.07) is 14.1. The lowest BCUT2D eigenvalue weighted by Gasteiger charge is -2.25. The van der Waals surface area contributed by atoms with Gasteiger partial charge in [-0.2, -0.15) is 0 Å². The van der Waals surface area contributed by atoms with Crippen LogP contribution in [0.1, 0.15) is 12.5 Å². The molecule has 0 amide bonds. The van der Waals surface area contributed by atoms with Gasteiger partial charge in [0.15, 0.2) is 11.5 Å². The Hall–Kier alpha value is -2.36. The molecule has 4 nitrogen and oxygen atoms in total. The van der Waals surface area contributed by atoms with Crippen molar-refractivity contribution in [3.8, 4) is 11.5 Å². The molecule has 0 saturated heterocycles. The number of nitrogens with two attached hydrogens (primary N) is 1. The molecule has 0 aliphatic carbocycles. The molecule has 110 valence electrons. The molecule has 2 aromatic carbocycles. The van der Waals surface area contributed by atoms with Crippen molar-refractivity contribution in [2.24, 2.45) is 0 Å². The molecule has 2 aromatic rings. The minimum Gasteiger partial charge on any atom is -0.486 e. The van der Waals surface area contributed by atoms with Crippen LogP contribution in [0, 0.1) is 0 Å². The molecular formula is C17H20N2O2. The van der Waals surface area contributed by atoms with E-state index in [0.717, 1.165) is 36.0 Å². The topological polar surface area (TPSA) is 47.7 Å². The number of fused-ring (bicyclic) bond motifs is 1. The fourth-order valence-electron chi connectivity index (χ4n) is 2.51. The zero-order valence-corrected chi connectivity index (χ0v) is 12.2. The van der Waals surface area contributed by atoms with Crippen LogP contribution in [-0.2, 0) is 6.54 Å². The Bertz CT molecular complexity index is 628. The molecule has 1 heterocycles. The van der Waals surface area contributed by atoms with Crippen LogP contribution in [0.5, 0.6) is 11.5 Å². The molecule has 0 fully saturated rings. The molecule has 1 aliphatic rings. The van der Waals surface area contributed by atoms with Crippen LogP contribution in [-0.4, -0.2) is 19.8 Å². The van der Waals surface area contributed by atoms with Gasteiger partial charge in [-0.25, -0.2) is 0 Å². The second kappa shape index (κ2) is 5.95. The normalized spacial score (nSPS) is 13.0. The molecule has 0 unspecified atom stereocenters. The summed E-state index contributed by atoms with van der Waals surface area (Å²) >= 11 is 0. The van der Waals surface area contributed by atoms with Gasteiger partial charge < -0.3 is 20.1 Å². The minimum absolute atomic E-state index is 0.614. The fourth-order valence-corrected chi connectivity index (χ4v) is 2.51. The number of rotatable bonds is 4. The third-order valence-electron chi connectivity index (χ3n) is 3.60. The van der Waals surface area contributed by atoms with E-state index in [0.29, 0.717) is 13.2 Å². The van der Waals surface area contributed by atoms with Crippen LogP contribution < -0.4 is 20.1 Å². The van der Waals surface area contributed by atoms with Crippen molar-refractivity contribution in [1.29, 1.82) is 0 Å². The average molecular weight is 284 g/mol. The van der Waals surface area contributed by atoms with Crippen molar-refractivity contribution < 1.29 is 9.47 Å². The van der Waals surface area contributed by atoms with E-state index in [1.54, 1.807) is 0 Å². The van der Waals surface area contributed by atoms with Crippen LogP contribution in [0.2, 0.25) is 0 Å². The van der Waals surface area contributed by atoms with Gasteiger partial charge in [-0.15, -0.1) is 0 Å². The number of nitrogens with zero attached hydrogens (tertiary/aromatic N) is 1. The molecule has 0 radical (unpaired) electrons. The van der Waals surface area contributed by atoms with Crippen molar-refractivity contribution in [1.82, 2.24) is 0 Å². The quantitative estimate of drug-likeness (QED) is 0.877. The molecule has 0 atom stereocenters. The summed E-state index contributed by atoms with van der Waals surface area (Å²) in [7, 11) is 0. The van der Waals surface area contributed by atoms with E-state index < -0.39 is 0 Å². The number of hydrogen-bond acceptors (Lipinski definition) is 4. The maximum Gasteiger partial charge on any atom is 0.161 e. The standard InChI is InChI=1S/C17H20N2O2/c1-2-19(15-5-3-4-14(18)11-15)12-13-6-7-16-17(10-13)21-9-8-20-16/h3-7,10-11H,2,8-9,12,18H2,1H3. The highest BCUT2D eigenvalue weighted by molar-refractivity contribution is 5.56. The third-order valence-corrected chi connectivity index (χ3v) is 3.60. The first-order chi connectivity index (χ1) is 10.3. The van der Waals surface area contributed by atoms with E-state index in [-0.39, 0.29) is 0 Å². The number of anilines is 2. The first-order valence-electron chi connectivity index (χ1n) is 7.25. The lowest BCUT2D eigenvalue weighted by Crippen LogP contribution is -2.22. The summed E-state index contributed by atoms with van der Waals surface area (Å²) in [5, 5.41) is 0. The minimum atomic E-state index is 0.614. The summed E-state index contributed by atoms with van der Waals surface area (Å²) in [5.74, 6) is 1.67. The van der Waals surface area contributed by atoms with E-state index in [2.05, 4.69) is 30.0 Å². The summed E-state index contributed by atoms with van der Waals surface area (Å²) < 4.78 is 11.2. The number of hydrogen-bond donors (Lipinski definition) is 1. The molecule has 0 bridgehead atoms. The molecule has 3 rings (SSSR count). The van der Waals surface area contributed by atoms with E-state index in [1.807, 2.05) is 24.3 Å². The first-order valence-corrected chi connectivity index (χ1v) is 7.25. The van der Waals surface area contributed by atoms with Gasteiger partial charge in [0.25, 0.3) is 0 Å². The second-order valence-corrected chi connectivity index (χ2v) is 5.09. The van der Waals surface area contributed by atoms with Crippen molar-refractivity contribution in [3.63, 3.8) is 0 Å². The number of ether oxygens (including phenoxy) is 2. The molecule has 0 aromatic heterocycles. The monoisotopic (exact) mass is 284 g/mol.